The van der Waals surface area contributed by atoms with Crippen LogP contribution in [0.5, 0.6) is 0 Å². The van der Waals surface area contributed by atoms with Crippen LogP contribution < -0.4 is 0 Å². The maximum atomic E-state index is 13.5. The highest BCUT2D eigenvalue weighted by atomic mass is 19.1. The topological polar surface area (TPSA) is 40.5 Å². The molecule has 178 valence electrons. The summed E-state index contributed by atoms with van der Waals surface area (Å²) in [7, 11) is 0. The number of hydrogen-bond acceptors (Lipinski definition) is 2. The van der Waals surface area contributed by atoms with E-state index in [0.717, 1.165) is 48.5 Å². The summed E-state index contributed by atoms with van der Waals surface area (Å²) < 4.78 is 53.9. The van der Waals surface area contributed by atoms with Gasteiger partial charge in [0.05, 0.1) is 0 Å². The summed E-state index contributed by atoms with van der Waals surface area (Å²) in [6.07, 6.45) is 0. The molecule has 0 fully saturated rings. The Morgan fingerprint density at radius 1 is 0.389 bits per heavy atom. The highest BCUT2D eigenvalue weighted by Crippen LogP contribution is 2.31. The summed E-state index contributed by atoms with van der Waals surface area (Å²) in [5.41, 5.74) is -3.07. The van der Waals surface area contributed by atoms with E-state index in [2.05, 4.69) is 23.7 Å². The van der Waals surface area contributed by atoms with Crippen molar-refractivity contribution in [2.24, 2.45) is 0 Å². The first kappa shape index (κ1) is 24.8. The monoisotopic (exact) mass is 486 g/mol. The predicted molar refractivity (Wildman–Crippen MR) is 127 cm³/mol. The van der Waals surface area contributed by atoms with Crippen molar-refractivity contribution in [2.75, 3.05) is 0 Å². The van der Waals surface area contributed by atoms with Gasteiger partial charge in [0.2, 0.25) is 0 Å². The average molecular weight is 486 g/mol. The second kappa shape index (κ2) is 10.1. The Morgan fingerprint density at radius 3 is 0.778 bits per heavy atom. The van der Waals surface area contributed by atoms with Gasteiger partial charge in [0, 0.05) is 22.3 Å². The molecule has 0 aliphatic heterocycles. The molecule has 0 saturated heterocycles. The molecule has 0 spiro atoms. The normalized spacial score (nSPS) is 11.2. The molecule has 0 aromatic heterocycles. The Hall–Kier alpha value is -4.36. The van der Waals surface area contributed by atoms with E-state index in [-0.39, 0.29) is 22.3 Å². The van der Waals surface area contributed by atoms with Crippen molar-refractivity contribution in [3.8, 4) is 23.7 Å². The third-order valence-electron chi connectivity index (χ3n) is 5.60. The molecular formula is C30H18F4O2. The Bertz CT molecular complexity index is 1260. The van der Waals surface area contributed by atoms with E-state index in [9.17, 15) is 27.8 Å². The molecule has 2 nitrogen and oxygen atoms in total. The minimum Gasteiger partial charge on any atom is -0.369 e. The van der Waals surface area contributed by atoms with Crippen molar-refractivity contribution < 1.29 is 27.8 Å². The van der Waals surface area contributed by atoms with Crippen LogP contribution in [0.25, 0.3) is 0 Å². The minimum absolute atomic E-state index is 0.220. The van der Waals surface area contributed by atoms with Crippen LogP contribution in [0.3, 0.4) is 0 Å². The van der Waals surface area contributed by atoms with Gasteiger partial charge in [-0.2, -0.15) is 0 Å². The fourth-order valence-corrected chi connectivity index (χ4v) is 3.63. The van der Waals surface area contributed by atoms with Crippen molar-refractivity contribution in [3.05, 3.63) is 143 Å². The van der Waals surface area contributed by atoms with Gasteiger partial charge >= 0.3 is 0 Å². The Labute approximate surface area is 205 Å². The fourth-order valence-electron chi connectivity index (χ4n) is 3.63. The Kier molecular flexibility index (Phi) is 6.94. The summed E-state index contributed by atoms with van der Waals surface area (Å²) in [6, 6.07) is 19.9. The van der Waals surface area contributed by atoms with Crippen LogP contribution in [0.15, 0.2) is 97.1 Å². The van der Waals surface area contributed by atoms with Crippen LogP contribution >= 0.6 is 0 Å². The Balaban J connectivity index is 1.80. The van der Waals surface area contributed by atoms with Crippen molar-refractivity contribution in [1.29, 1.82) is 0 Å². The molecule has 4 rings (SSSR count). The summed E-state index contributed by atoms with van der Waals surface area (Å²) >= 11 is 0. The molecule has 4 aromatic rings. The molecule has 0 bridgehead atoms. The van der Waals surface area contributed by atoms with Gasteiger partial charge in [-0.1, -0.05) is 48.5 Å². The SMILES string of the molecule is OC(C#CC#CC(O)(c1ccc(F)cc1)c1ccc(F)cc1)(c1ccc(F)cc1)c1ccc(F)cc1. The third-order valence-corrected chi connectivity index (χ3v) is 5.60. The van der Waals surface area contributed by atoms with Crippen LogP contribution in [0.4, 0.5) is 17.6 Å². The molecule has 4 aromatic carbocycles. The molecule has 36 heavy (non-hydrogen) atoms. The molecule has 0 radical (unpaired) electrons. The van der Waals surface area contributed by atoms with Gasteiger partial charge in [-0.25, -0.2) is 17.6 Å². The fraction of sp³-hybridized carbons (Fsp3) is 0.0667. The number of hydrogen-bond donors (Lipinski definition) is 2. The molecule has 6 heteroatoms. The van der Waals surface area contributed by atoms with Crippen LogP contribution in [0, 0.1) is 47.0 Å². The van der Waals surface area contributed by atoms with E-state index >= 15 is 0 Å². The van der Waals surface area contributed by atoms with Gasteiger partial charge in [0.1, 0.15) is 23.3 Å². The molecule has 0 heterocycles. The second-order valence-electron chi connectivity index (χ2n) is 7.95. The van der Waals surface area contributed by atoms with E-state index in [1.807, 2.05) is 0 Å². The first-order valence-corrected chi connectivity index (χ1v) is 10.7. The van der Waals surface area contributed by atoms with Gasteiger partial charge in [0.15, 0.2) is 11.2 Å². The van der Waals surface area contributed by atoms with Gasteiger partial charge in [-0.3, -0.25) is 0 Å². The standard InChI is InChI=1S/C30H18F4O2/c31-25-11-3-21(4-12-25)29(35,22-5-13-26(32)14-6-22)19-1-2-20-30(36,23-7-15-27(33)16-8-23)24-9-17-28(34)18-10-24/h3-18,35-36H. The minimum atomic E-state index is -1.97. The zero-order valence-corrected chi connectivity index (χ0v) is 18.6. The van der Waals surface area contributed by atoms with E-state index in [1.54, 1.807) is 0 Å². The first-order valence-electron chi connectivity index (χ1n) is 10.7. The largest absolute Gasteiger partial charge is 0.369 e. The van der Waals surface area contributed by atoms with Crippen molar-refractivity contribution in [3.63, 3.8) is 0 Å². The first-order chi connectivity index (χ1) is 17.2. The van der Waals surface area contributed by atoms with E-state index in [0.29, 0.717) is 0 Å². The Morgan fingerprint density at radius 2 is 0.583 bits per heavy atom. The highest BCUT2D eigenvalue weighted by Gasteiger charge is 2.31. The maximum absolute atomic E-state index is 13.5. The predicted octanol–water partition coefficient (Wildman–Crippen LogP) is 5.42. The van der Waals surface area contributed by atoms with Crippen molar-refractivity contribution >= 4 is 0 Å². The molecular weight excluding hydrogens is 468 g/mol. The molecule has 0 amide bonds. The summed E-state index contributed by atoms with van der Waals surface area (Å²) in [6.45, 7) is 0. The van der Waals surface area contributed by atoms with E-state index in [1.165, 1.54) is 48.5 Å². The molecule has 0 unspecified atom stereocenters. The number of aliphatic hydroxyl groups is 2. The van der Waals surface area contributed by atoms with Gasteiger partial charge in [-0.05, 0) is 72.2 Å². The van der Waals surface area contributed by atoms with Crippen LogP contribution in [0.1, 0.15) is 22.3 Å². The van der Waals surface area contributed by atoms with E-state index < -0.39 is 34.5 Å². The zero-order valence-electron chi connectivity index (χ0n) is 18.6. The van der Waals surface area contributed by atoms with Gasteiger partial charge < -0.3 is 10.2 Å². The molecule has 2 N–H and O–H groups in total. The summed E-state index contributed by atoms with van der Waals surface area (Å²) in [5.74, 6) is 8.19. The van der Waals surface area contributed by atoms with Crippen LogP contribution in [-0.2, 0) is 11.2 Å². The van der Waals surface area contributed by atoms with Crippen molar-refractivity contribution in [1.82, 2.24) is 0 Å². The van der Waals surface area contributed by atoms with Gasteiger partial charge in [0.25, 0.3) is 0 Å². The highest BCUT2D eigenvalue weighted by molar-refractivity contribution is 5.50. The zero-order chi connectivity index (χ0) is 25.8. The lowest BCUT2D eigenvalue weighted by Crippen LogP contribution is -2.26. The molecule has 0 aliphatic rings. The smallest absolute Gasteiger partial charge is 0.177 e. The third kappa shape index (κ3) is 5.16. The van der Waals surface area contributed by atoms with Crippen LogP contribution in [0.2, 0.25) is 0 Å². The lowest BCUT2D eigenvalue weighted by atomic mass is 9.86. The molecule has 0 aliphatic carbocycles. The molecule has 0 saturated carbocycles. The number of rotatable bonds is 4. The van der Waals surface area contributed by atoms with Gasteiger partial charge in [-0.15, -0.1) is 0 Å². The van der Waals surface area contributed by atoms with Crippen LogP contribution in [-0.4, -0.2) is 10.2 Å². The summed E-state index contributed by atoms with van der Waals surface area (Å²) in [4.78, 5) is 0. The average Bonchev–Trinajstić information content (AvgIpc) is 2.88. The van der Waals surface area contributed by atoms with E-state index in [4.69, 9.17) is 0 Å². The molecule has 0 atom stereocenters. The quantitative estimate of drug-likeness (QED) is 0.299. The number of halogens is 4. The summed E-state index contributed by atoms with van der Waals surface area (Å²) in [5, 5.41) is 22.9. The maximum Gasteiger partial charge on any atom is 0.177 e. The van der Waals surface area contributed by atoms with Crippen molar-refractivity contribution in [2.45, 2.75) is 11.2 Å². The second-order valence-corrected chi connectivity index (χ2v) is 7.95. The lowest BCUT2D eigenvalue weighted by Gasteiger charge is -2.24. The lowest BCUT2D eigenvalue weighted by molar-refractivity contribution is 0.144. The number of benzene rings is 4.